The fourth-order valence-corrected chi connectivity index (χ4v) is 8.53. The van der Waals surface area contributed by atoms with Crippen LogP contribution in [0.1, 0.15) is 67.5 Å². The minimum atomic E-state index is -0.0688. The van der Waals surface area contributed by atoms with Gasteiger partial charge in [0, 0.05) is 27.9 Å². The number of hydrogen-bond acceptors (Lipinski definition) is 1. The molecule has 6 aromatic carbocycles. The number of aryl methyl sites for hydroxylation is 1. The molecule has 3 aliphatic rings. The van der Waals surface area contributed by atoms with Crippen LogP contribution in [-0.2, 0) is 17.3 Å². The molecule has 0 radical (unpaired) electrons. The van der Waals surface area contributed by atoms with E-state index in [9.17, 15) is 0 Å². The minimum absolute atomic E-state index is 0.0688. The van der Waals surface area contributed by atoms with Crippen molar-refractivity contribution in [3.05, 3.63) is 167 Å². The summed E-state index contributed by atoms with van der Waals surface area (Å²) in [7, 11) is 0. The molecule has 9 rings (SSSR count). The topological polar surface area (TPSA) is 3.24 Å². The Morgan fingerprint density at radius 3 is 1.57 bits per heavy atom. The Bertz CT molecular complexity index is 2140. The first-order chi connectivity index (χ1) is 22.8. The quantitative estimate of drug-likeness (QED) is 0.193. The van der Waals surface area contributed by atoms with Crippen LogP contribution >= 0.6 is 0 Å². The van der Waals surface area contributed by atoms with Gasteiger partial charge in [0.1, 0.15) is 0 Å². The summed E-state index contributed by atoms with van der Waals surface area (Å²) in [6, 6.07) is 48.1. The van der Waals surface area contributed by atoms with Gasteiger partial charge in [0.2, 0.25) is 0 Å². The molecule has 228 valence electrons. The Morgan fingerprint density at radius 1 is 0.468 bits per heavy atom. The molecule has 1 nitrogen and oxygen atoms in total. The Labute approximate surface area is 278 Å². The van der Waals surface area contributed by atoms with Gasteiger partial charge in [0.15, 0.2) is 0 Å². The van der Waals surface area contributed by atoms with Crippen LogP contribution in [0.3, 0.4) is 0 Å². The predicted octanol–water partition coefficient (Wildman–Crippen LogP) is 12.4. The monoisotopic (exact) mass is 605 g/mol. The van der Waals surface area contributed by atoms with Crippen LogP contribution in [-0.4, -0.2) is 0 Å². The van der Waals surface area contributed by atoms with Gasteiger partial charge < -0.3 is 4.90 Å². The van der Waals surface area contributed by atoms with Crippen molar-refractivity contribution in [3.63, 3.8) is 0 Å². The molecule has 0 saturated carbocycles. The van der Waals surface area contributed by atoms with Crippen molar-refractivity contribution in [3.8, 4) is 33.4 Å². The number of nitrogens with zero attached hydrogens (tertiary/aromatic N) is 1. The van der Waals surface area contributed by atoms with E-state index < -0.39 is 0 Å². The fraction of sp³-hybridized carbons (Fsp3) is 0.174. The van der Waals surface area contributed by atoms with E-state index in [0.29, 0.717) is 0 Å². The molecule has 0 heterocycles. The molecule has 47 heavy (non-hydrogen) atoms. The third-order valence-electron chi connectivity index (χ3n) is 11.1. The molecule has 3 aliphatic carbocycles. The molecule has 0 atom stereocenters. The number of allylic oxidation sites excluding steroid dienone is 1. The maximum atomic E-state index is 2.46. The first-order valence-electron chi connectivity index (χ1n) is 17.0. The van der Waals surface area contributed by atoms with Gasteiger partial charge in [0.05, 0.1) is 0 Å². The van der Waals surface area contributed by atoms with Crippen molar-refractivity contribution in [2.45, 2.75) is 51.4 Å². The van der Waals surface area contributed by atoms with Crippen LogP contribution in [0, 0.1) is 0 Å². The van der Waals surface area contributed by atoms with Crippen LogP contribution < -0.4 is 4.90 Å². The van der Waals surface area contributed by atoms with E-state index >= 15 is 0 Å². The molecular weight excluding hydrogens is 567 g/mol. The standard InChI is InChI=1S/C46H39N/c1-45(2)41-15-9-7-13-37(41)39-25-23-35(28-43(39)45)47(36-24-26-40-38-14-8-10-16-42(38)46(3,4)44(40)29-36)34-21-19-31(20-22-34)33-18-17-30-11-5-6-12-32(30)27-33/h5,7-11,13-29H,6,12H2,1-4H3. The molecule has 0 bridgehead atoms. The van der Waals surface area contributed by atoms with Crippen molar-refractivity contribution in [2.24, 2.45) is 0 Å². The third kappa shape index (κ3) is 4.22. The average Bonchev–Trinajstić information content (AvgIpc) is 3.48. The van der Waals surface area contributed by atoms with Crippen molar-refractivity contribution in [1.82, 2.24) is 0 Å². The first kappa shape index (κ1) is 28.1. The lowest BCUT2D eigenvalue weighted by atomic mass is 9.82. The second kappa shape index (κ2) is 10.2. The Kier molecular flexibility index (Phi) is 6.09. The van der Waals surface area contributed by atoms with E-state index in [0.717, 1.165) is 18.5 Å². The van der Waals surface area contributed by atoms with Crippen molar-refractivity contribution in [2.75, 3.05) is 4.90 Å². The van der Waals surface area contributed by atoms with E-state index in [1.54, 1.807) is 0 Å². The highest BCUT2D eigenvalue weighted by atomic mass is 15.1. The summed E-state index contributed by atoms with van der Waals surface area (Å²) < 4.78 is 0. The van der Waals surface area contributed by atoms with Crippen LogP contribution in [0.15, 0.2) is 133 Å². The van der Waals surface area contributed by atoms with Gasteiger partial charge in [-0.3, -0.25) is 0 Å². The van der Waals surface area contributed by atoms with Crippen LogP contribution in [0.25, 0.3) is 39.5 Å². The van der Waals surface area contributed by atoms with E-state index in [1.807, 2.05) is 0 Å². The second-order valence-electron chi connectivity index (χ2n) is 14.5. The Balaban J connectivity index is 1.18. The Morgan fingerprint density at radius 2 is 0.979 bits per heavy atom. The summed E-state index contributed by atoms with van der Waals surface area (Å²) in [5, 5.41) is 0. The molecule has 6 aromatic rings. The number of rotatable bonds is 4. The highest BCUT2D eigenvalue weighted by molar-refractivity contribution is 5.88. The smallest absolute Gasteiger partial charge is 0.0465 e. The first-order valence-corrected chi connectivity index (χ1v) is 17.0. The number of anilines is 3. The maximum Gasteiger partial charge on any atom is 0.0465 e. The normalized spacial score (nSPS) is 15.7. The fourth-order valence-electron chi connectivity index (χ4n) is 8.53. The van der Waals surface area contributed by atoms with Crippen molar-refractivity contribution < 1.29 is 0 Å². The largest absolute Gasteiger partial charge is 0.310 e. The molecule has 1 heteroatoms. The molecule has 0 fully saturated rings. The van der Waals surface area contributed by atoms with Gasteiger partial charge in [-0.1, -0.05) is 131 Å². The summed E-state index contributed by atoms with van der Waals surface area (Å²) >= 11 is 0. The highest BCUT2D eigenvalue weighted by Crippen LogP contribution is 2.53. The van der Waals surface area contributed by atoms with Gasteiger partial charge in [-0.05, 0) is 116 Å². The Hall–Kier alpha value is -5.14. The average molecular weight is 606 g/mol. The van der Waals surface area contributed by atoms with Gasteiger partial charge in [-0.2, -0.15) is 0 Å². The van der Waals surface area contributed by atoms with Crippen LogP contribution in [0.5, 0.6) is 0 Å². The number of benzene rings is 6. The van der Waals surface area contributed by atoms with E-state index in [1.165, 1.54) is 78.1 Å². The molecule has 0 spiro atoms. The molecular formula is C46H39N. The van der Waals surface area contributed by atoms with E-state index in [-0.39, 0.29) is 10.8 Å². The van der Waals surface area contributed by atoms with E-state index in [2.05, 4.69) is 172 Å². The second-order valence-corrected chi connectivity index (χ2v) is 14.5. The summed E-state index contributed by atoms with van der Waals surface area (Å²) in [6.45, 7) is 9.46. The molecule has 0 aliphatic heterocycles. The SMILES string of the molecule is CC1(C)c2ccccc2-c2ccc(N(c3ccc(-c4ccc5c(c4)CCC=C5)cc3)c3ccc4c(c3)C(C)(C)c3ccccc3-4)cc21. The lowest BCUT2D eigenvalue weighted by molar-refractivity contribution is 0.660. The summed E-state index contributed by atoms with van der Waals surface area (Å²) in [6.07, 6.45) is 6.78. The third-order valence-corrected chi connectivity index (χ3v) is 11.1. The zero-order valence-corrected chi connectivity index (χ0v) is 27.6. The summed E-state index contributed by atoms with van der Waals surface area (Å²) in [5.41, 5.74) is 19.7. The zero-order chi connectivity index (χ0) is 31.9. The summed E-state index contributed by atoms with van der Waals surface area (Å²) in [5.74, 6) is 0. The minimum Gasteiger partial charge on any atom is -0.310 e. The van der Waals surface area contributed by atoms with Gasteiger partial charge >= 0.3 is 0 Å². The van der Waals surface area contributed by atoms with Gasteiger partial charge in [0.25, 0.3) is 0 Å². The van der Waals surface area contributed by atoms with Gasteiger partial charge in [-0.25, -0.2) is 0 Å². The molecule has 0 amide bonds. The summed E-state index contributed by atoms with van der Waals surface area (Å²) in [4.78, 5) is 2.46. The van der Waals surface area contributed by atoms with Crippen LogP contribution in [0.4, 0.5) is 17.1 Å². The van der Waals surface area contributed by atoms with E-state index in [4.69, 9.17) is 0 Å². The molecule has 0 saturated heterocycles. The predicted molar refractivity (Wildman–Crippen MR) is 199 cm³/mol. The van der Waals surface area contributed by atoms with Crippen molar-refractivity contribution in [1.29, 1.82) is 0 Å². The molecule has 0 N–H and O–H groups in total. The number of fused-ring (bicyclic) bond motifs is 7. The lowest BCUT2D eigenvalue weighted by Gasteiger charge is -2.30. The molecule has 0 aromatic heterocycles. The highest BCUT2D eigenvalue weighted by Gasteiger charge is 2.37. The number of hydrogen-bond donors (Lipinski definition) is 0. The lowest BCUT2D eigenvalue weighted by Crippen LogP contribution is -2.18. The van der Waals surface area contributed by atoms with Crippen molar-refractivity contribution >= 4 is 23.1 Å². The maximum absolute atomic E-state index is 2.46. The van der Waals surface area contributed by atoms with Crippen LogP contribution in [0.2, 0.25) is 0 Å². The van der Waals surface area contributed by atoms with Gasteiger partial charge in [-0.15, -0.1) is 0 Å². The molecule has 0 unspecified atom stereocenters. The zero-order valence-electron chi connectivity index (χ0n) is 27.6.